The van der Waals surface area contributed by atoms with Gasteiger partial charge in [0, 0.05) is 5.69 Å². The summed E-state index contributed by atoms with van der Waals surface area (Å²) in [6.45, 7) is 3.98. The second kappa shape index (κ2) is 7.13. The van der Waals surface area contributed by atoms with E-state index in [2.05, 4.69) is 6.92 Å². The minimum atomic E-state index is -0.642. The van der Waals surface area contributed by atoms with Gasteiger partial charge in [0.1, 0.15) is 11.3 Å². The van der Waals surface area contributed by atoms with Crippen molar-refractivity contribution in [1.82, 2.24) is 0 Å². The Bertz CT molecular complexity index is 1370. The summed E-state index contributed by atoms with van der Waals surface area (Å²) < 4.78 is 5.98. The highest BCUT2D eigenvalue weighted by molar-refractivity contribution is 6.10. The average molecular weight is 411 g/mol. The standard InChI is InChI=1S/C26H21NO4/c1-3-16-5-9-18(10-6-16)27-23(17-7-11-19(28)12-8-17)22-24(29)20-14-15(2)4-13-21(20)31-25(22)26(27)30/h4-14,23,28H,3H2,1-2H3. The molecule has 1 amide bonds. The lowest BCUT2D eigenvalue weighted by Gasteiger charge is -2.25. The molecule has 1 N–H and O–H groups in total. The highest BCUT2D eigenvalue weighted by Crippen LogP contribution is 2.41. The number of fused-ring (bicyclic) bond motifs is 2. The third-order valence-electron chi connectivity index (χ3n) is 5.86. The van der Waals surface area contributed by atoms with Crippen molar-refractivity contribution in [2.75, 3.05) is 4.90 Å². The van der Waals surface area contributed by atoms with E-state index in [9.17, 15) is 14.7 Å². The number of phenols is 1. The van der Waals surface area contributed by atoms with E-state index in [1.54, 1.807) is 41.3 Å². The van der Waals surface area contributed by atoms with Crippen molar-refractivity contribution in [3.63, 3.8) is 0 Å². The lowest BCUT2D eigenvalue weighted by atomic mass is 9.97. The SMILES string of the molecule is CCc1ccc(N2C(=O)c3oc4ccc(C)cc4c(=O)c3C2c2ccc(O)cc2)cc1. The molecule has 1 aromatic heterocycles. The van der Waals surface area contributed by atoms with Crippen LogP contribution in [-0.2, 0) is 6.42 Å². The molecule has 0 aliphatic carbocycles. The molecular weight excluding hydrogens is 390 g/mol. The summed E-state index contributed by atoms with van der Waals surface area (Å²) in [6.07, 6.45) is 0.890. The molecule has 0 radical (unpaired) electrons. The van der Waals surface area contributed by atoms with Crippen molar-refractivity contribution in [2.45, 2.75) is 26.3 Å². The van der Waals surface area contributed by atoms with Crippen molar-refractivity contribution in [3.05, 3.63) is 105 Å². The molecule has 2 heterocycles. The third-order valence-corrected chi connectivity index (χ3v) is 5.86. The Labute approximate surface area is 179 Å². The summed E-state index contributed by atoms with van der Waals surface area (Å²) in [6, 6.07) is 19.1. The van der Waals surface area contributed by atoms with E-state index in [4.69, 9.17) is 4.42 Å². The van der Waals surface area contributed by atoms with Crippen LogP contribution in [0.5, 0.6) is 5.75 Å². The Morgan fingerprint density at radius 3 is 2.35 bits per heavy atom. The highest BCUT2D eigenvalue weighted by atomic mass is 16.3. The first-order valence-corrected chi connectivity index (χ1v) is 10.3. The predicted molar refractivity (Wildman–Crippen MR) is 120 cm³/mol. The van der Waals surface area contributed by atoms with E-state index in [0.717, 1.165) is 23.1 Å². The molecule has 154 valence electrons. The molecule has 4 aromatic rings. The summed E-state index contributed by atoms with van der Waals surface area (Å²) in [5.41, 5.74) is 4.03. The van der Waals surface area contributed by atoms with Gasteiger partial charge in [-0.1, -0.05) is 42.8 Å². The number of hydrogen-bond donors (Lipinski definition) is 1. The number of rotatable bonds is 3. The van der Waals surface area contributed by atoms with Crippen LogP contribution < -0.4 is 10.3 Å². The van der Waals surface area contributed by atoms with E-state index in [0.29, 0.717) is 22.2 Å². The summed E-state index contributed by atoms with van der Waals surface area (Å²) in [7, 11) is 0. The lowest BCUT2D eigenvalue weighted by molar-refractivity contribution is 0.0971. The zero-order valence-electron chi connectivity index (χ0n) is 17.3. The van der Waals surface area contributed by atoms with Gasteiger partial charge in [0.15, 0.2) is 5.43 Å². The molecular formula is C26H21NO4. The van der Waals surface area contributed by atoms with Crippen LogP contribution in [-0.4, -0.2) is 11.0 Å². The Balaban J connectivity index is 1.78. The van der Waals surface area contributed by atoms with Crippen molar-refractivity contribution in [3.8, 4) is 5.75 Å². The lowest BCUT2D eigenvalue weighted by Crippen LogP contribution is -2.29. The quantitative estimate of drug-likeness (QED) is 0.508. The number of amides is 1. The van der Waals surface area contributed by atoms with Crippen LogP contribution in [0.2, 0.25) is 0 Å². The molecule has 1 aliphatic rings. The van der Waals surface area contributed by atoms with Gasteiger partial charge in [-0.3, -0.25) is 14.5 Å². The molecule has 31 heavy (non-hydrogen) atoms. The number of aryl methyl sites for hydroxylation is 2. The van der Waals surface area contributed by atoms with Crippen molar-refractivity contribution < 1.29 is 14.3 Å². The molecule has 0 spiro atoms. The second-order valence-corrected chi connectivity index (χ2v) is 7.86. The number of aromatic hydroxyl groups is 1. The fourth-order valence-electron chi connectivity index (χ4n) is 4.22. The molecule has 1 unspecified atom stereocenters. The average Bonchev–Trinajstić information content (AvgIpc) is 3.07. The van der Waals surface area contributed by atoms with Gasteiger partial charge >= 0.3 is 0 Å². The number of carbonyl (C=O) groups is 1. The largest absolute Gasteiger partial charge is 0.508 e. The smallest absolute Gasteiger partial charge is 0.295 e. The molecule has 1 atom stereocenters. The van der Waals surface area contributed by atoms with Crippen molar-refractivity contribution in [2.24, 2.45) is 0 Å². The molecule has 0 bridgehead atoms. The molecule has 5 rings (SSSR count). The van der Waals surface area contributed by atoms with Gasteiger partial charge < -0.3 is 9.52 Å². The minimum Gasteiger partial charge on any atom is -0.508 e. The first-order valence-electron chi connectivity index (χ1n) is 10.3. The number of benzene rings is 3. The first-order chi connectivity index (χ1) is 15.0. The molecule has 0 saturated heterocycles. The Hall–Kier alpha value is -3.86. The van der Waals surface area contributed by atoms with Gasteiger partial charge in [-0.2, -0.15) is 0 Å². The van der Waals surface area contributed by atoms with Crippen molar-refractivity contribution >= 4 is 22.6 Å². The summed E-state index contributed by atoms with van der Waals surface area (Å²) in [4.78, 5) is 28.7. The third kappa shape index (κ3) is 3.01. The van der Waals surface area contributed by atoms with Gasteiger partial charge in [0.2, 0.25) is 5.76 Å². The molecule has 5 nitrogen and oxygen atoms in total. The highest BCUT2D eigenvalue weighted by Gasteiger charge is 2.43. The Morgan fingerprint density at radius 2 is 1.68 bits per heavy atom. The van der Waals surface area contributed by atoms with Gasteiger partial charge in [0.25, 0.3) is 5.91 Å². The van der Waals surface area contributed by atoms with Crippen LogP contribution in [0.4, 0.5) is 5.69 Å². The Morgan fingerprint density at radius 1 is 0.968 bits per heavy atom. The zero-order valence-corrected chi connectivity index (χ0v) is 17.3. The second-order valence-electron chi connectivity index (χ2n) is 7.86. The maximum Gasteiger partial charge on any atom is 0.295 e. The summed E-state index contributed by atoms with van der Waals surface area (Å²) >= 11 is 0. The topological polar surface area (TPSA) is 70.8 Å². The fourth-order valence-corrected chi connectivity index (χ4v) is 4.22. The van der Waals surface area contributed by atoms with Crippen LogP contribution in [0.1, 0.15) is 45.8 Å². The predicted octanol–water partition coefficient (Wildman–Crippen LogP) is 5.12. The molecule has 3 aromatic carbocycles. The van der Waals surface area contributed by atoms with Crippen molar-refractivity contribution in [1.29, 1.82) is 0 Å². The van der Waals surface area contributed by atoms with Crippen LogP contribution in [0, 0.1) is 6.92 Å². The number of hydrogen-bond acceptors (Lipinski definition) is 4. The normalized spacial score (nSPS) is 15.5. The van der Waals surface area contributed by atoms with E-state index < -0.39 is 6.04 Å². The number of anilines is 1. The van der Waals surface area contributed by atoms with E-state index in [1.165, 1.54) is 0 Å². The summed E-state index contributed by atoms with van der Waals surface area (Å²) in [5.74, 6) is -0.163. The fraction of sp³-hybridized carbons (Fsp3) is 0.154. The number of phenolic OH excluding ortho intramolecular Hbond substituents is 1. The van der Waals surface area contributed by atoms with Gasteiger partial charge in [-0.15, -0.1) is 0 Å². The minimum absolute atomic E-state index is 0.0685. The molecule has 0 fully saturated rings. The van der Waals surface area contributed by atoms with Gasteiger partial charge in [-0.05, 0) is 60.9 Å². The van der Waals surface area contributed by atoms with Gasteiger partial charge in [-0.25, -0.2) is 0 Å². The maximum atomic E-state index is 13.6. The summed E-state index contributed by atoms with van der Waals surface area (Å²) in [5, 5.41) is 10.2. The van der Waals surface area contributed by atoms with Crippen LogP contribution in [0.15, 0.2) is 75.9 Å². The van der Waals surface area contributed by atoms with E-state index in [-0.39, 0.29) is 22.8 Å². The zero-order chi connectivity index (χ0) is 21.7. The molecule has 5 heteroatoms. The molecule has 0 saturated carbocycles. The van der Waals surface area contributed by atoms with E-state index in [1.807, 2.05) is 37.3 Å². The first kappa shape index (κ1) is 19.1. The number of nitrogens with zero attached hydrogens (tertiary/aromatic N) is 1. The number of carbonyl (C=O) groups excluding carboxylic acids is 1. The van der Waals surface area contributed by atoms with Crippen LogP contribution in [0.3, 0.4) is 0 Å². The maximum absolute atomic E-state index is 13.6. The van der Waals surface area contributed by atoms with Crippen LogP contribution >= 0.6 is 0 Å². The van der Waals surface area contributed by atoms with Crippen LogP contribution in [0.25, 0.3) is 11.0 Å². The Kier molecular flexibility index (Phi) is 4.40. The van der Waals surface area contributed by atoms with Gasteiger partial charge in [0.05, 0.1) is 17.0 Å². The van der Waals surface area contributed by atoms with E-state index >= 15 is 0 Å². The molecule has 1 aliphatic heterocycles. The monoisotopic (exact) mass is 411 g/mol.